The second kappa shape index (κ2) is 6.60. The minimum absolute atomic E-state index is 0.353. The van der Waals surface area contributed by atoms with Gasteiger partial charge in [-0.3, -0.25) is 9.59 Å². The van der Waals surface area contributed by atoms with Crippen LogP contribution in [-0.2, 0) is 14.3 Å². The fraction of sp³-hybridized carbons (Fsp3) is 0.364. The summed E-state index contributed by atoms with van der Waals surface area (Å²) in [7, 11) is 0. The Morgan fingerprint density at radius 2 is 1.73 bits per heavy atom. The molecule has 0 fully saturated rings. The van der Waals surface area contributed by atoms with Gasteiger partial charge in [0.2, 0.25) is 0 Å². The molecule has 136 valence electrons. The zero-order valence-electron chi connectivity index (χ0n) is 15.3. The molecule has 4 heteroatoms. The summed E-state index contributed by atoms with van der Waals surface area (Å²) in [5.74, 6) is -4.03. The van der Waals surface area contributed by atoms with Gasteiger partial charge in [-0.05, 0) is 37.5 Å². The molecule has 0 aromatic heterocycles. The average Bonchev–Trinajstić information content (AvgIpc) is 2.66. The van der Waals surface area contributed by atoms with E-state index in [0.29, 0.717) is 5.57 Å². The smallest absolute Gasteiger partial charge is 0.311 e. The molecule has 1 aromatic carbocycles. The summed E-state index contributed by atoms with van der Waals surface area (Å²) >= 11 is 0. The maximum Gasteiger partial charge on any atom is 0.311 e. The number of carboxylic acids is 1. The molecule has 0 heterocycles. The van der Waals surface area contributed by atoms with Crippen molar-refractivity contribution in [3.63, 3.8) is 0 Å². The zero-order valence-corrected chi connectivity index (χ0v) is 15.3. The second-order valence-electron chi connectivity index (χ2n) is 7.87. The van der Waals surface area contributed by atoms with Crippen LogP contribution >= 0.6 is 0 Å². The molecule has 0 radical (unpaired) electrons. The van der Waals surface area contributed by atoms with Crippen LogP contribution in [0.25, 0.3) is 0 Å². The highest BCUT2D eigenvalue weighted by Crippen LogP contribution is 2.51. The minimum atomic E-state index is -1.00. The molecule has 2 bridgehead atoms. The quantitative estimate of drug-likeness (QED) is 0.810. The third kappa shape index (κ3) is 3.24. The lowest BCUT2D eigenvalue weighted by Gasteiger charge is -2.41. The van der Waals surface area contributed by atoms with E-state index in [-0.39, 0.29) is 5.92 Å². The lowest BCUT2D eigenvalue weighted by molar-refractivity contribution is -0.168. The zero-order chi connectivity index (χ0) is 19.1. The topological polar surface area (TPSA) is 63.6 Å². The number of ether oxygens (including phenoxy) is 1. The van der Waals surface area contributed by atoms with Gasteiger partial charge >= 0.3 is 11.9 Å². The predicted molar refractivity (Wildman–Crippen MR) is 99.8 cm³/mol. The fourth-order valence-corrected chi connectivity index (χ4v) is 3.99. The number of allylic oxidation sites excluding steroid dienone is 5. The van der Waals surface area contributed by atoms with Crippen molar-refractivity contribution in [1.82, 2.24) is 0 Å². The molecule has 0 saturated carbocycles. The Kier molecular flexibility index (Phi) is 4.61. The third-order valence-electron chi connectivity index (χ3n) is 4.93. The van der Waals surface area contributed by atoms with E-state index in [0.717, 1.165) is 11.1 Å². The molecule has 0 aliphatic heterocycles. The number of aliphatic carboxylic acids is 1. The molecule has 0 saturated heterocycles. The van der Waals surface area contributed by atoms with Crippen LogP contribution in [0.2, 0.25) is 0 Å². The number of carbonyl (C=O) groups is 2. The summed E-state index contributed by atoms with van der Waals surface area (Å²) < 4.78 is 5.61. The van der Waals surface area contributed by atoms with Crippen LogP contribution in [0.15, 0.2) is 60.7 Å². The summed E-state index contributed by atoms with van der Waals surface area (Å²) in [4.78, 5) is 25.3. The highest BCUT2D eigenvalue weighted by molar-refractivity contribution is 5.85. The van der Waals surface area contributed by atoms with Gasteiger partial charge in [0.05, 0.1) is 11.8 Å². The summed E-state index contributed by atoms with van der Waals surface area (Å²) in [6, 6.07) is 7.71. The Hall–Kier alpha value is -2.62. The normalized spacial score (nSPS) is 29.7. The van der Waals surface area contributed by atoms with Crippen LogP contribution in [0.4, 0.5) is 0 Å². The Balaban J connectivity index is 2.22. The van der Waals surface area contributed by atoms with Gasteiger partial charge < -0.3 is 9.84 Å². The van der Waals surface area contributed by atoms with Gasteiger partial charge in [-0.25, -0.2) is 0 Å². The van der Waals surface area contributed by atoms with Crippen molar-refractivity contribution in [1.29, 1.82) is 0 Å². The van der Waals surface area contributed by atoms with E-state index in [2.05, 4.69) is 6.58 Å². The van der Waals surface area contributed by atoms with Crippen LogP contribution in [0, 0.1) is 11.8 Å². The van der Waals surface area contributed by atoms with Gasteiger partial charge in [0, 0.05) is 11.8 Å². The fourth-order valence-electron chi connectivity index (χ4n) is 3.99. The molecule has 4 atom stereocenters. The van der Waals surface area contributed by atoms with E-state index in [1.54, 1.807) is 20.8 Å². The first-order valence-corrected chi connectivity index (χ1v) is 8.79. The molecule has 4 nitrogen and oxygen atoms in total. The molecule has 2 aliphatic rings. The van der Waals surface area contributed by atoms with Gasteiger partial charge in [-0.2, -0.15) is 0 Å². The number of hydrogen-bond donors (Lipinski definition) is 1. The van der Waals surface area contributed by atoms with E-state index in [1.807, 2.05) is 48.6 Å². The van der Waals surface area contributed by atoms with E-state index >= 15 is 0 Å². The Morgan fingerprint density at radius 1 is 1.08 bits per heavy atom. The average molecular weight is 352 g/mol. The first kappa shape index (κ1) is 18.2. The molecule has 0 amide bonds. The van der Waals surface area contributed by atoms with Crippen molar-refractivity contribution < 1.29 is 19.4 Å². The van der Waals surface area contributed by atoms with Crippen LogP contribution < -0.4 is 0 Å². The van der Waals surface area contributed by atoms with Crippen molar-refractivity contribution in [2.75, 3.05) is 0 Å². The number of benzene rings is 1. The monoisotopic (exact) mass is 352 g/mol. The van der Waals surface area contributed by atoms with Crippen molar-refractivity contribution in [3.05, 3.63) is 71.8 Å². The van der Waals surface area contributed by atoms with Crippen LogP contribution in [0.3, 0.4) is 0 Å². The van der Waals surface area contributed by atoms with Crippen LogP contribution in [0.5, 0.6) is 0 Å². The molecular weight excluding hydrogens is 328 g/mol. The third-order valence-corrected chi connectivity index (χ3v) is 4.93. The summed E-state index contributed by atoms with van der Waals surface area (Å²) in [6.07, 6.45) is 7.43. The molecule has 3 rings (SSSR count). The largest absolute Gasteiger partial charge is 0.481 e. The summed E-state index contributed by atoms with van der Waals surface area (Å²) in [5.41, 5.74) is 1.89. The highest BCUT2D eigenvalue weighted by Gasteiger charge is 2.51. The SMILES string of the molecule is C=C1/C=C\C=C/C2c3ccccc3C1C(C(=O)O)C2C(=O)OC(C)(C)C. The molecule has 4 unspecified atom stereocenters. The van der Waals surface area contributed by atoms with Crippen molar-refractivity contribution in [2.24, 2.45) is 11.8 Å². The van der Waals surface area contributed by atoms with Gasteiger partial charge in [0.15, 0.2) is 0 Å². The molecule has 0 spiro atoms. The van der Waals surface area contributed by atoms with Gasteiger partial charge in [0.25, 0.3) is 0 Å². The Bertz CT molecular complexity index is 810. The maximum absolute atomic E-state index is 13.0. The van der Waals surface area contributed by atoms with E-state index in [1.165, 1.54) is 0 Å². The first-order valence-electron chi connectivity index (χ1n) is 8.79. The molecule has 1 aromatic rings. The van der Waals surface area contributed by atoms with Gasteiger partial charge in [-0.1, -0.05) is 55.1 Å². The van der Waals surface area contributed by atoms with Gasteiger partial charge in [0.1, 0.15) is 5.60 Å². The molecule has 2 aliphatic carbocycles. The van der Waals surface area contributed by atoms with E-state index < -0.39 is 35.3 Å². The molecular formula is C22H24O4. The number of esters is 1. The predicted octanol–water partition coefficient (Wildman–Crippen LogP) is 4.21. The van der Waals surface area contributed by atoms with E-state index in [4.69, 9.17) is 4.74 Å². The molecule has 26 heavy (non-hydrogen) atoms. The number of rotatable bonds is 2. The standard InChI is InChI=1S/C22H24O4/c1-13-9-5-6-12-16-14-10-7-8-11-15(14)17(13)19(20(23)24)18(16)21(25)26-22(2,3)4/h5-12,16-19H,1H2,2-4H3,(H,23,24)/b9-5-,12-6-. The van der Waals surface area contributed by atoms with Gasteiger partial charge in [-0.15, -0.1) is 0 Å². The van der Waals surface area contributed by atoms with Crippen molar-refractivity contribution >= 4 is 11.9 Å². The summed E-state index contributed by atoms with van der Waals surface area (Å²) in [5, 5.41) is 10.0. The first-order chi connectivity index (χ1) is 12.2. The van der Waals surface area contributed by atoms with Crippen LogP contribution in [-0.4, -0.2) is 22.6 Å². The highest BCUT2D eigenvalue weighted by atomic mass is 16.6. The number of hydrogen-bond acceptors (Lipinski definition) is 3. The minimum Gasteiger partial charge on any atom is -0.481 e. The van der Waals surface area contributed by atoms with E-state index in [9.17, 15) is 14.7 Å². The van der Waals surface area contributed by atoms with Crippen molar-refractivity contribution in [3.8, 4) is 0 Å². The number of carboxylic acid groups (broad SMARTS) is 1. The lowest BCUT2D eigenvalue weighted by atomic mass is 9.62. The number of carbonyl (C=O) groups excluding carboxylic acids is 1. The second-order valence-corrected chi connectivity index (χ2v) is 7.87. The maximum atomic E-state index is 13.0. The van der Waals surface area contributed by atoms with Crippen molar-refractivity contribution in [2.45, 2.75) is 38.2 Å². The molecule has 1 N–H and O–H groups in total. The lowest BCUT2D eigenvalue weighted by Crippen LogP contribution is -2.44. The van der Waals surface area contributed by atoms with Crippen LogP contribution in [0.1, 0.15) is 43.7 Å². The Labute approximate surface area is 153 Å². The Morgan fingerprint density at radius 3 is 2.35 bits per heavy atom. The summed E-state index contributed by atoms with van der Waals surface area (Å²) in [6.45, 7) is 9.47.